The van der Waals surface area contributed by atoms with Crippen molar-refractivity contribution in [2.75, 3.05) is 26.6 Å². The van der Waals surface area contributed by atoms with Crippen LogP contribution in [0, 0.1) is 5.82 Å². The monoisotopic (exact) mass is 540 g/mol. The SMILES string of the molecule is COc1ccc([C@@H]2[C@@H](C(=O)Nc3ccc(OC)cc3OC)c3ccccc3C(=O)N2Cc2ccc(F)cc2)cc1. The van der Waals surface area contributed by atoms with Crippen molar-refractivity contribution in [2.24, 2.45) is 0 Å². The first kappa shape index (κ1) is 26.7. The minimum atomic E-state index is -0.769. The summed E-state index contributed by atoms with van der Waals surface area (Å²) in [6.45, 7) is 0.180. The van der Waals surface area contributed by atoms with Crippen molar-refractivity contribution in [3.8, 4) is 17.2 Å². The van der Waals surface area contributed by atoms with Gasteiger partial charge in [-0.1, -0.05) is 42.5 Å². The van der Waals surface area contributed by atoms with Crippen molar-refractivity contribution in [1.29, 1.82) is 0 Å². The summed E-state index contributed by atoms with van der Waals surface area (Å²) < 4.78 is 29.8. The standard InChI is InChI=1S/C32H29FN2O5/c1-38-23-14-10-21(11-15-23)30-29(31(36)34-27-17-16-24(39-2)18-28(27)40-3)25-6-4-5-7-26(25)32(37)35(30)19-20-8-12-22(33)13-9-20/h4-18,29-30H,19H2,1-3H3,(H,34,36)/t29-,30+/m0/s1. The Kier molecular flexibility index (Phi) is 7.68. The highest BCUT2D eigenvalue weighted by molar-refractivity contribution is 6.04. The fourth-order valence-electron chi connectivity index (χ4n) is 5.12. The minimum absolute atomic E-state index is 0.180. The largest absolute Gasteiger partial charge is 0.497 e. The number of halogens is 1. The molecule has 0 spiro atoms. The molecule has 5 rings (SSSR count). The molecule has 0 aromatic heterocycles. The van der Waals surface area contributed by atoms with Crippen LogP contribution < -0.4 is 19.5 Å². The van der Waals surface area contributed by atoms with Crippen LogP contribution in [0.25, 0.3) is 0 Å². The zero-order valence-corrected chi connectivity index (χ0v) is 22.4. The molecule has 1 aliphatic rings. The molecule has 7 nitrogen and oxygen atoms in total. The van der Waals surface area contributed by atoms with Crippen LogP contribution in [-0.4, -0.2) is 38.0 Å². The Morgan fingerprint density at radius 1 is 0.850 bits per heavy atom. The number of rotatable bonds is 8. The maximum absolute atomic E-state index is 14.2. The summed E-state index contributed by atoms with van der Waals surface area (Å²) in [5.41, 5.74) is 3.03. The summed E-state index contributed by atoms with van der Waals surface area (Å²) in [5, 5.41) is 3.02. The van der Waals surface area contributed by atoms with Gasteiger partial charge in [-0.15, -0.1) is 0 Å². The number of benzene rings is 4. The molecule has 40 heavy (non-hydrogen) atoms. The van der Waals surface area contributed by atoms with Crippen molar-refractivity contribution in [3.63, 3.8) is 0 Å². The van der Waals surface area contributed by atoms with E-state index in [1.165, 1.54) is 19.2 Å². The average molecular weight is 541 g/mol. The van der Waals surface area contributed by atoms with Gasteiger partial charge in [-0.3, -0.25) is 9.59 Å². The summed E-state index contributed by atoms with van der Waals surface area (Å²) in [4.78, 5) is 29.8. The van der Waals surface area contributed by atoms with Gasteiger partial charge < -0.3 is 24.4 Å². The third kappa shape index (κ3) is 5.20. The quantitative estimate of drug-likeness (QED) is 0.298. The summed E-state index contributed by atoms with van der Waals surface area (Å²) in [6.07, 6.45) is 0. The Hall–Kier alpha value is -4.85. The van der Waals surface area contributed by atoms with Crippen LogP contribution in [0.3, 0.4) is 0 Å². The molecule has 0 saturated carbocycles. The highest BCUT2D eigenvalue weighted by Crippen LogP contribution is 2.45. The Morgan fingerprint density at radius 2 is 1.52 bits per heavy atom. The number of carbonyl (C=O) groups excluding carboxylic acids is 2. The molecule has 0 bridgehead atoms. The molecule has 0 unspecified atom stereocenters. The average Bonchev–Trinajstić information content (AvgIpc) is 2.99. The van der Waals surface area contributed by atoms with Crippen molar-refractivity contribution in [1.82, 2.24) is 4.90 Å². The summed E-state index contributed by atoms with van der Waals surface area (Å²) in [5.74, 6) is 0.0218. The lowest BCUT2D eigenvalue weighted by molar-refractivity contribution is -0.119. The maximum atomic E-state index is 14.2. The lowest BCUT2D eigenvalue weighted by atomic mass is 9.79. The number of carbonyl (C=O) groups is 2. The number of ether oxygens (including phenoxy) is 3. The second-order valence-corrected chi connectivity index (χ2v) is 9.40. The fourth-order valence-corrected chi connectivity index (χ4v) is 5.12. The Labute approximate surface area is 232 Å². The lowest BCUT2D eigenvalue weighted by Crippen LogP contribution is -2.45. The third-order valence-corrected chi connectivity index (χ3v) is 7.11. The van der Waals surface area contributed by atoms with Crippen molar-refractivity contribution in [2.45, 2.75) is 18.5 Å². The van der Waals surface area contributed by atoms with E-state index in [1.807, 2.05) is 24.3 Å². The molecule has 1 heterocycles. The predicted molar refractivity (Wildman–Crippen MR) is 149 cm³/mol. The van der Waals surface area contributed by atoms with Crippen LogP contribution >= 0.6 is 0 Å². The van der Waals surface area contributed by atoms with Crippen LogP contribution in [0.15, 0.2) is 91.0 Å². The van der Waals surface area contributed by atoms with E-state index < -0.39 is 12.0 Å². The van der Waals surface area contributed by atoms with Crippen LogP contribution in [0.4, 0.5) is 10.1 Å². The van der Waals surface area contributed by atoms with Gasteiger partial charge in [0.15, 0.2) is 0 Å². The number of anilines is 1. The topological polar surface area (TPSA) is 77.1 Å². The predicted octanol–water partition coefficient (Wildman–Crippen LogP) is 5.97. The Morgan fingerprint density at radius 3 is 2.20 bits per heavy atom. The molecule has 1 N–H and O–H groups in total. The van der Waals surface area contributed by atoms with Crippen LogP contribution in [-0.2, 0) is 11.3 Å². The van der Waals surface area contributed by atoms with E-state index in [9.17, 15) is 14.0 Å². The smallest absolute Gasteiger partial charge is 0.255 e. The molecule has 4 aromatic carbocycles. The van der Waals surface area contributed by atoms with Crippen molar-refractivity contribution in [3.05, 3.63) is 119 Å². The second kappa shape index (κ2) is 11.5. The van der Waals surface area contributed by atoms with E-state index in [0.29, 0.717) is 34.1 Å². The molecule has 1 aliphatic heterocycles. The molecular weight excluding hydrogens is 511 g/mol. The van der Waals surface area contributed by atoms with Crippen LogP contribution in [0.5, 0.6) is 17.2 Å². The number of hydrogen-bond donors (Lipinski definition) is 1. The Balaban J connectivity index is 1.63. The third-order valence-electron chi connectivity index (χ3n) is 7.11. The molecule has 2 atom stereocenters. The van der Waals surface area contributed by atoms with Crippen LogP contribution in [0.2, 0.25) is 0 Å². The zero-order chi connectivity index (χ0) is 28.2. The Bertz CT molecular complexity index is 1520. The summed E-state index contributed by atoms with van der Waals surface area (Å²) >= 11 is 0. The highest BCUT2D eigenvalue weighted by atomic mass is 19.1. The lowest BCUT2D eigenvalue weighted by Gasteiger charge is -2.42. The minimum Gasteiger partial charge on any atom is -0.497 e. The maximum Gasteiger partial charge on any atom is 0.255 e. The number of methoxy groups -OCH3 is 3. The van der Waals surface area contributed by atoms with E-state index in [-0.39, 0.29) is 24.2 Å². The van der Waals surface area contributed by atoms with E-state index in [4.69, 9.17) is 14.2 Å². The van der Waals surface area contributed by atoms with Crippen molar-refractivity contribution >= 4 is 17.5 Å². The van der Waals surface area contributed by atoms with Gasteiger partial charge in [-0.05, 0) is 59.2 Å². The van der Waals surface area contributed by atoms with E-state index in [1.54, 1.807) is 73.7 Å². The normalized spacial score (nSPS) is 16.2. The van der Waals surface area contributed by atoms with Gasteiger partial charge in [0.2, 0.25) is 5.91 Å². The van der Waals surface area contributed by atoms with E-state index in [2.05, 4.69) is 5.32 Å². The molecule has 0 radical (unpaired) electrons. The number of amides is 2. The second-order valence-electron chi connectivity index (χ2n) is 9.40. The molecule has 0 aliphatic carbocycles. The van der Waals surface area contributed by atoms with Gasteiger partial charge in [0, 0.05) is 18.2 Å². The molecule has 2 amide bonds. The van der Waals surface area contributed by atoms with Gasteiger partial charge >= 0.3 is 0 Å². The van der Waals surface area contributed by atoms with Gasteiger partial charge in [0.1, 0.15) is 23.1 Å². The molecule has 8 heteroatoms. The molecular formula is C32H29FN2O5. The number of hydrogen-bond acceptors (Lipinski definition) is 5. The molecule has 0 fully saturated rings. The zero-order valence-electron chi connectivity index (χ0n) is 22.4. The molecule has 0 saturated heterocycles. The molecule has 4 aromatic rings. The van der Waals surface area contributed by atoms with E-state index >= 15 is 0 Å². The van der Waals surface area contributed by atoms with Crippen LogP contribution in [0.1, 0.15) is 39.0 Å². The number of nitrogens with one attached hydrogen (secondary N) is 1. The summed E-state index contributed by atoms with van der Waals surface area (Å²) in [6, 6.07) is 25.0. The first-order valence-corrected chi connectivity index (χ1v) is 12.7. The van der Waals surface area contributed by atoms with Gasteiger partial charge in [-0.2, -0.15) is 0 Å². The van der Waals surface area contributed by atoms with Crippen molar-refractivity contribution < 1.29 is 28.2 Å². The molecule has 204 valence electrons. The van der Waals surface area contributed by atoms with E-state index in [0.717, 1.165) is 11.1 Å². The number of nitrogens with zero attached hydrogens (tertiary/aromatic N) is 1. The van der Waals surface area contributed by atoms with Gasteiger partial charge in [-0.25, -0.2) is 4.39 Å². The first-order valence-electron chi connectivity index (χ1n) is 12.7. The summed E-state index contributed by atoms with van der Waals surface area (Å²) in [7, 11) is 4.65. The highest BCUT2D eigenvalue weighted by Gasteiger charge is 2.44. The number of fused-ring (bicyclic) bond motifs is 1. The fraction of sp³-hybridized carbons (Fsp3) is 0.188. The first-order chi connectivity index (χ1) is 19.4. The van der Waals surface area contributed by atoms with Gasteiger partial charge in [0.25, 0.3) is 5.91 Å². The van der Waals surface area contributed by atoms with Gasteiger partial charge in [0.05, 0.1) is 39.0 Å².